The number of amidine groups is 1. The first kappa shape index (κ1) is 22.5. The van der Waals surface area contributed by atoms with E-state index in [9.17, 15) is 13.7 Å². The van der Waals surface area contributed by atoms with Gasteiger partial charge in [0.05, 0.1) is 36.1 Å². The first-order chi connectivity index (χ1) is 13.9. The Kier molecular flexibility index (Phi) is 8.32. The Hall–Kier alpha value is -2.75. The molecule has 0 aliphatic carbocycles. The van der Waals surface area contributed by atoms with Crippen molar-refractivity contribution in [2.24, 2.45) is 4.99 Å². The fourth-order valence-electron chi connectivity index (χ4n) is 2.45. The maximum atomic E-state index is 12.9. The number of sulfone groups is 1. The highest BCUT2D eigenvalue weighted by atomic mass is 32.2. The third-order valence-electron chi connectivity index (χ3n) is 4.09. The summed E-state index contributed by atoms with van der Waals surface area (Å²) >= 11 is 1.63. The number of hydrogen-bond donors (Lipinski definition) is 2. The third kappa shape index (κ3) is 6.11. The van der Waals surface area contributed by atoms with Crippen molar-refractivity contribution in [1.82, 2.24) is 15.3 Å². The Labute approximate surface area is 176 Å². The maximum absolute atomic E-state index is 12.9. The molecule has 1 unspecified atom stereocenters. The molecule has 1 aromatic heterocycles. The Morgan fingerprint density at radius 2 is 2.10 bits per heavy atom. The van der Waals surface area contributed by atoms with E-state index in [1.807, 2.05) is 19.9 Å². The smallest absolute Gasteiger partial charge is 0.208 e. The lowest BCUT2D eigenvalue weighted by molar-refractivity contribution is 0.595. The van der Waals surface area contributed by atoms with Gasteiger partial charge in [0.1, 0.15) is 5.84 Å². The minimum absolute atomic E-state index is 0.0718. The van der Waals surface area contributed by atoms with E-state index in [0.717, 1.165) is 22.7 Å². The van der Waals surface area contributed by atoms with E-state index in [0.29, 0.717) is 12.3 Å². The molecule has 0 radical (unpaired) electrons. The average Bonchev–Trinajstić information content (AvgIpc) is 3.10. The lowest BCUT2D eigenvalue weighted by Crippen LogP contribution is -2.39. The number of aromatic amines is 1. The van der Waals surface area contributed by atoms with Gasteiger partial charge >= 0.3 is 0 Å². The third-order valence-corrected chi connectivity index (χ3v) is 6.92. The number of terminal acetylenes is 1. The number of nitrogens with one attached hydrogen (secondary N) is 2. The fourth-order valence-corrected chi connectivity index (χ4v) is 4.67. The van der Waals surface area contributed by atoms with Crippen LogP contribution in [-0.4, -0.2) is 48.3 Å². The molecule has 2 rings (SSSR count). The highest BCUT2D eigenvalue weighted by Crippen LogP contribution is 2.18. The van der Waals surface area contributed by atoms with Crippen molar-refractivity contribution in [2.75, 3.05) is 18.8 Å². The minimum Gasteiger partial charge on any atom is -0.361 e. The number of rotatable bonds is 9. The predicted molar refractivity (Wildman–Crippen MR) is 116 cm³/mol. The average molecular weight is 430 g/mol. The second kappa shape index (κ2) is 10.7. The van der Waals surface area contributed by atoms with Crippen LogP contribution in [0.2, 0.25) is 0 Å². The van der Waals surface area contributed by atoms with E-state index < -0.39 is 15.1 Å². The largest absolute Gasteiger partial charge is 0.361 e. The fraction of sp³-hybridized carbons (Fsp3) is 0.350. The second-order valence-corrected chi connectivity index (χ2v) is 9.36. The summed E-state index contributed by atoms with van der Waals surface area (Å²) < 4.78 is 25.9. The van der Waals surface area contributed by atoms with Crippen molar-refractivity contribution in [3.63, 3.8) is 0 Å². The molecule has 9 heteroatoms. The highest BCUT2D eigenvalue weighted by molar-refractivity contribution is 7.98. The molecule has 1 aromatic carbocycles. The Morgan fingerprint density at radius 3 is 2.69 bits per heavy atom. The SMILES string of the molecule is C#CCNC(=NCCSCc1nc[nH]c1C)C(C#N)S(=O)(=O)c1ccc(C)cc1. The van der Waals surface area contributed by atoms with Gasteiger partial charge in [-0.05, 0) is 26.0 Å². The summed E-state index contributed by atoms with van der Waals surface area (Å²) in [6.45, 7) is 4.25. The van der Waals surface area contributed by atoms with E-state index in [1.54, 1.807) is 30.2 Å². The Morgan fingerprint density at radius 1 is 1.38 bits per heavy atom. The van der Waals surface area contributed by atoms with Gasteiger partial charge in [-0.15, -0.1) is 6.42 Å². The zero-order chi connectivity index (χ0) is 21.3. The molecular weight excluding hydrogens is 406 g/mol. The topological polar surface area (TPSA) is 111 Å². The molecule has 1 heterocycles. The molecular formula is C20H23N5O2S2. The van der Waals surface area contributed by atoms with Gasteiger partial charge in [-0.1, -0.05) is 23.6 Å². The number of imidazole rings is 1. The van der Waals surface area contributed by atoms with Gasteiger partial charge in [0.25, 0.3) is 0 Å². The van der Waals surface area contributed by atoms with E-state index in [-0.39, 0.29) is 17.3 Å². The van der Waals surface area contributed by atoms with Gasteiger partial charge in [0.2, 0.25) is 15.1 Å². The molecule has 0 amide bonds. The van der Waals surface area contributed by atoms with Crippen molar-refractivity contribution in [2.45, 2.75) is 29.7 Å². The molecule has 0 bridgehead atoms. The molecule has 0 saturated heterocycles. The first-order valence-electron chi connectivity index (χ1n) is 8.88. The van der Waals surface area contributed by atoms with Crippen LogP contribution in [0.4, 0.5) is 0 Å². The van der Waals surface area contributed by atoms with Gasteiger partial charge in [-0.2, -0.15) is 17.0 Å². The number of benzene rings is 1. The van der Waals surface area contributed by atoms with Crippen LogP contribution in [0.1, 0.15) is 17.0 Å². The summed E-state index contributed by atoms with van der Waals surface area (Å²) in [7, 11) is -3.93. The molecule has 2 N–H and O–H groups in total. The van der Waals surface area contributed by atoms with E-state index >= 15 is 0 Å². The molecule has 0 saturated carbocycles. The van der Waals surface area contributed by atoms with Crippen LogP contribution in [0.3, 0.4) is 0 Å². The minimum atomic E-state index is -3.93. The summed E-state index contributed by atoms with van der Waals surface area (Å²) in [6, 6.07) is 8.25. The number of aryl methyl sites for hydroxylation is 2. The molecule has 0 aliphatic rings. The maximum Gasteiger partial charge on any atom is 0.208 e. The van der Waals surface area contributed by atoms with E-state index in [1.165, 1.54) is 12.1 Å². The molecule has 7 nitrogen and oxygen atoms in total. The van der Waals surface area contributed by atoms with E-state index in [2.05, 4.69) is 26.2 Å². The van der Waals surface area contributed by atoms with Crippen molar-refractivity contribution < 1.29 is 8.42 Å². The molecule has 29 heavy (non-hydrogen) atoms. The summed E-state index contributed by atoms with van der Waals surface area (Å²) in [6.07, 6.45) is 6.94. The molecule has 0 fully saturated rings. The molecule has 2 aromatic rings. The standard InChI is InChI=1S/C20H23N5O2S2/c1-4-9-22-20(23-10-11-28-13-18-16(3)24-14-25-18)19(12-21)29(26,27)17-7-5-15(2)6-8-17/h1,5-8,14,19H,9-11,13H2,2-3H3,(H,22,23)(H,24,25). The number of aromatic nitrogens is 2. The van der Waals surface area contributed by atoms with Crippen LogP contribution in [-0.2, 0) is 15.6 Å². The van der Waals surface area contributed by atoms with Gasteiger partial charge in [-0.3, -0.25) is 4.99 Å². The molecule has 0 spiro atoms. The van der Waals surface area contributed by atoms with Crippen LogP contribution in [0, 0.1) is 37.5 Å². The number of H-pyrrole nitrogens is 1. The second-order valence-electron chi connectivity index (χ2n) is 6.22. The summed E-state index contributed by atoms with van der Waals surface area (Å²) in [4.78, 5) is 11.7. The van der Waals surface area contributed by atoms with E-state index in [4.69, 9.17) is 6.42 Å². The first-order valence-corrected chi connectivity index (χ1v) is 11.6. The zero-order valence-corrected chi connectivity index (χ0v) is 18.0. The van der Waals surface area contributed by atoms with Crippen LogP contribution in [0.5, 0.6) is 0 Å². The number of hydrogen-bond acceptors (Lipinski definition) is 6. The van der Waals surface area contributed by atoms with Crippen LogP contribution in [0.25, 0.3) is 0 Å². The van der Waals surface area contributed by atoms with Crippen molar-refractivity contribution in [3.05, 3.63) is 47.5 Å². The molecule has 152 valence electrons. The summed E-state index contributed by atoms with van der Waals surface area (Å²) in [5, 5.41) is 10.9. The zero-order valence-electron chi connectivity index (χ0n) is 16.3. The highest BCUT2D eigenvalue weighted by Gasteiger charge is 2.32. The lowest BCUT2D eigenvalue weighted by Gasteiger charge is -2.15. The molecule has 0 aliphatic heterocycles. The van der Waals surface area contributed by atoms with Crippen molar-refractivity contribution in [1.29, 1.82) is 5.26 Å². The van der Waals surface area contributed by atoms with Crippen LogP contribution < -0.4 is 5.32 Å². The van der Waals surface area contributed by atoms with Gasteiger partial charge in [0.15, 0.2) is 0 Å². The predicted octanol–water partition coefficient (Wildman–Crippen LogP) is 2.25. The lowest BCUT2D eigenvalue weighted by atomic mass is 10.2. The summed E-state index contributed by atoms with van der Waals surface area (Å²) in [5.41, 5.74) is 2.92. The van der Waals surface area contributed by atoms with Crippen LogP contribution >= 0.6 is 11.8 Å². The Balaban J connectivity index is 2.12. The Bertz CT molecular complexity index is 1030. The number of nitriles is 1. The van der Waals surface area contributed by atoms with Gasteiger partial charge < -0.3 is 10.3 Å². The molecule has 1 atom stereocenters. The van der Waals surface area contributed by atoms with Gasteiger partial charge in [0, 0.05) is 17.2 Å². The van der Waals surface area contributed by atoms with Gasteiger partial charge in [-0.25, -0.2) is 13.4 Å². The number of nitrogens with zero attached hydrogens (tertiary/aromatic N) is 3. The number of aliphatic imine (C=N–C) groups is 1. The van der Waals surface area contributed by atoms with Crippen LogP contribution in [0.15, 0.2) is 40.5 Å². The van der Waals surface area contributed by atoms with Crippen molar-refractivity contribution >= 4 is 27.4 Å². The quantitative estimate of drug-likeness (QED) is 0.274. The summed E-state index contributed by atoms with van der Waals surface area (Å²) in [5.74, 6) is 3.83. The van der Waals surface area contributed by atoms with Crippen molar-refractivity contribution in [3.8, 4) is 18.4 Å². The monoisotopic (exact) mass is 429 g/mol. The normalized spacial score (nSPS) is 12.8. The number of thioether (sulfide) groups is 1.